The molecule has 3 heterocycles. The largest absolute Gasteiger partial charge is 0.483 e. The minimum absolute atomic E-state index is 0.0873. The maximum Gasteiger partial charge on any atom is 0.253 e. The lowest BCUT2D eigenvalue weighted by molar-refractivity contribution is 0.0823. The summed E-state index contributed by atoms with van der Waals surface area (Å²) in [5.74, 6) is 1.06. The number of aryl methyl sites for hydroxylation is 1. The summed E-state index contributed by atoms with van der Waals surface area (Å²) in [5.41, 5.74) is 4.64. The Morgan fingerprint density at radius 2 is 2.03 bits per heavy atom. The summed E-state index contributed by atoms with van der Waals surface area (Å²) in [6.45, 7) is 2.39. The molecule has 0 N–H and O–H groups in total. The molecule has 164 valence electrons. The molecular formula is C24H23FN4O3. The minimum atomic E-state index is -0.285. The Bertz CT molecular complexity index is 1290. The molecule has 0 fully saturated rings. The Morgan fingerprint density at radius 3 is 2.72 bits per heavy atom. The van der Waals surface area contributed by atoms with Crippen LogP contribution in [0.15, 0.2) is 47.2 Å². The number of hydrogen-bond acceptors (Lipinski definition) is 5. The fourth-order valence-electron chi connectivity index (χ4n) is 4.29. The van der Waals surface area contributed by atoms with Crippen LogP contribution in [-0.2, 0) is 13.0 Å². The zero-order valence-corrected chi connectivity index (χ0v) is 18.1. The molecule has 1 amide bonds. The van der Waals surface area contributed by atoms with Gasteiger partial charge in [-0.3, -0.25) is 4.79 Å². The standard InChI is InChI=1S/C24H23FN4O3/c1-14-26-20-12-19(24(30)28(2)3)18-8-9-21(15-4-6-16(25)7-5-15)32-23(18)22(20)29(14)13-17-10-11-31-27-17/h4-7,10-12,21H,8-9,13H2,1-3H3. The Morgan fingerprint density at radius 1 is 1.25 bits per heavy atom. The third-order valence-corrected chi connectivity index (χ3v) is 5.89. The quantitative estimate of drug-likeness (QED) is 0.479. The summed E-state index contributed by atoms with van der Waals surface area (Å²) in [6, 6.07) is 10.0. The monoisotopic (exact) mass is 434 g/mol. The van der Waals surface area contributed by atoms with Gasteiger partial charge in [0.1, 0.15) is 41.0 Å². The van der Waals surface area contributed by atoms with Gasteiger partial charge in [0.05, 0.1) is 12.1 Å². The molecule has 7 nitrogen and oxygen atoms in total. The van der Waals surface area contributed by atoms with Crippen LogP contribution in [0.4, 0.5) is 4.39 Å². The summed E-state index contributed by atoms with van der Waals surface area (Å²) in [5, 5.41) is 4.03. The van der Waals surface area contributed by atoms with Crippen LogP contribution in [0.3, 0.4) is 0 Å². The first kappa shape index (κ1) is 20.2. The molecule has 32 heavy (non-hydrogen) atoms. The van der Waals surface area contributed by atoms with Crippen molar-refractivity contribution >= 4 is 16.9 Å². The van der Waals surface area contributed by atoms with Gasteiger partial charge in [-0.15, -0.1) is 0 Å². The number of carbonyl (C=O) groups excluding carboxylic acids is 1. The van der Waals surface area contributed by atoms with Crippen LogP contribution in [0.5, 0.6) is 5.75 Å². The van der Waals surface area contributed by atoms with Crippen molar-refractivity contribution in [2.75, 3.05) is 14.1 Å². The van der Waals surface area contributed by atoms with E-state index < -0.39 is 0 Å². The van der Waals surface area contributed by atoms with Gasteiger partial charge in [0, 0.05) is 31.3 Å². The number of ether oxygens (including phenoxy) is 1. The molecule has 0 aliphatic carbocycles. The molecule has 1 aliphatic rings. The molecule has 2 aromatic heterocycles. The lowest BCUT2D eigenvalue weighted by atomic mass is 9.92. The van der Waals surface area contributed by atoms with E-state index in [4.69, 9.17) is 14.2 Å². The number of carbonyl (C=O) groups is 1. The zero-order chi connectivity index (χ0) is 22.4. The Kier molecular flexibility index (Phi) is 4.92. The topological polar surface area (TPSA) is 73.4 Å². The van der Waals surface area contributed by atoms with Crippen LogP contribution in [0.2, 0.25) is 0 Å². The fraction of sp³-hybridized carbons (Fsp3) is 0.292. The van der Waals surface area contributed by atoms with E-state index in [0.29, 0.717) is 36.2 Å². The van der Waals surface area contributed by atoms with Gasteiger partial charge in [-0.2, -0.15) is 0 Å². The third-order valence-electron chi connectivity index (χ3n) is 5.89. The van der Waals surface area contributed by atoms with E-state index >= 15 is 0 Å². The van der Waals surface area contributed by atoms with E-state index in [-0.39, 0.29) is 17.8 Å². The highest BCUT2D eigenvalue weighted by atomic mass is 19.1. The number of hydrogen-bond donors (Lipinski definition) is 0. The number of rotatable bonds is 4. The van der Waals surface area contributed by atoms with Gasteiger partial charge in [0.25, 0.3) is 5.91 Å². The van der Waals surface area contributed by atoms with Gasteiger partial charge in [0.2, 0.25) is 0 Å². The first-order valence-electron chi connectivity index (χ1n) is 10.5. The number of imidazole rings is 1. The van der Waals surface area contributed by atoms with Crippen molar-refractivity contribution in [3.63, 3.8) is 0 Å². The first-order chi connectivity index (χ1) is 15.4. The summed E-state index contributed by atoms with van der Waals surface area (Å²) < 4.78 is 27.0. The van der Waals surface area contributed by atoms with Crippen LogP contribution in [0.1, 0.15) is 45.5 Å². The van der Waals surface area contributed by atoms with Gasteiger partial charge in [-0.25, -0.2) is 9.37 Å². The Labute approximate surface area is 184 Å². The Hall–Kier alpha value is -3.68. The number of aromatic nitrogens is 3. The van der Waals surface area contributed by atoms with Gasteiger partial charge in [-0.05, 0) is 43.5 Å². The lowest BCUT2D eigenvalue weighted by Gasteiger charge is -2.29. The summed E-state index contributed by atoms with van der Waals surface area (Å²) in [6.07, 6.45) is 2.64. The smallest absolute Gasteiger partial charge is 0.253 e. The van der Waals surface area contributed by atoms with Crippen molar-refractivity contribution in [2.24, 2.45) is 0 Å². The van der Waals surface area contributed by atoms with E-state index in [9.17, 15) is 9.18 Å². The molecule has 8 heteroatoms. The van der Waals surface area contributed by atoms with Gasteiger partial charge in [-0.1, -0.05) is 17.3 Å². The zero-order valence-electron chi connectivity index (χ0n) is 18.1. The van der Waals surface area contributed by atoms with E-state index in [2.05, 4.69) is 5.16 Å². The van der Waals surface area contributed by atoms with Crippen molar-refractivity contribution in [1.29, 1.82) is 0 Å². The first-order valence-corrected chi connectivity index (χ1v) is 10.5. The van der Waals surface area contributed by atoms with Gasteiger partial charge in [0.15, 0.2) is 0 Å². The summed E-state index contributed by atoms with van der Waals surface area (Å²) in [4.78, 5) is 19.2. The maximum absolute atomic E-state index is 13.4. The second-order valence-corrected chi connectivity index (χ2v) is 8.23. The molecule has 1 aliphatic heterocycles. The molecule has 0 bridgehead atoms. The average Bonchev–Trinajstić information content (AvgIpc) is 3.41. The second kappa shape index (κ2) is 7.78. The van der Waals surface area contributed by atoms with E-state index in [1.807, 2.05) is 23.6 Å². The number of nitrogens with zero attached hydrogens (tertiary/aromatic N) is 4. The summed E-state index contributed by atoms with van der Waals surface area (Å²) in [7, 11) is 3.47. The molecule has 0 saturated heterocycles. The van der Waals surface area contributed by atoms with E-state index in [1.165, 1.54) is 18.4 Å². The molecule has 0 radical (unpaired) electrons. The van der Waals surface area contributed by atoms with Crippen molar-refractivity contribution in [2.45, 2.75) is 32.4 Å². The molecule has 2 aromatic carbocycles. The van der Waals surface area contributed by atoms with Gasteiger partial charge >= 0.3 is 0 Å². The molecule has 4 aromatic rings. The predicted molar refractivity (Wildman–Crippen MR) is 116 cm³/mol. The molecule has 1 unspecified atom stereocenters. The number of benzene rings is 2. The molecule has 0 spiro atoms. The second-order valence-electron chi connectivity index (χ2n) is 8.23. The van der Waals surface area contributed by atoms with Crippen molar-refractivity contribution in [1.82, 2.24) is 19.6 Å². The predicted octanol–water partition coefficient (Wildman–Crippen LogP) is 4.29. The van der Waals surface area contributed by atoms with Crippen molar-refractivity contribution in [3.8, 4) is 5.75 Å². The van der Waals surface area contributed by atoms with Crippen molar-refractivity contribution < 1.29 is 18.4 Å². The van der Waals surface area contributed by atoms with E-state index in [0.717, 1.165) is 28.2 Å². The molecule has 5 rings (SSSR count). The SMILES string of the molecule is Cc1nc2cc(C(=O)N(C)C)c3c(c2n1Cc1ccon1)OC(c1ccc(F)cc1)CC3. The molecular weight excluding hydrogens is 411 g/mol. The van der Waals surface area contributed by atoms with Crippen LogP contribution in [-0.4, -0.2) is 39.6 Å². The lowest BCUT2D eigenvalue weighted by Crippen LogP contribution is -2.25. The Balaban J connectivity index is 1.68. The maximum atomic E-state index is 13.4. The van der Waals surface area contributed by atoms with Gasteiger partial charge < -0.3 is 18.7 Å². The highest BCUT2D eigenvalue weighted by Gasteiger charge is 2.30. The van der Waals surface area contributed by atoms with E-state index in [1.54, 1.807) is 31.1 Å². The number of halogens is 1. The summed E-state index contributed by atoms with van der Waals surface area (Å²) >= 11 is 0. The minimum Gasteiger partial charge on any atom is -0.483 e. The highest BCUT2D eigenvalue weighted by Crippen LogP contribution is 2.42. The fourth-order valence-corrected chi connectivity index (χ4v) is 4.29. The van der Waals surface area contributed by atoms with Crippen LogP contribution < -0.4 is 4.74 Å². The normalized spacial score (nSPS) is 15.4. The van der Waals surface area contributed by atoms with Crippen LogP contribution >= 0.6 is 0 Å². The van der Waals surface area contributed by atoms with Crippen molar-refractivity contribution in [3.05, 3.63) is 76.7 Å². The molecule has 0 saturated carbocycles. The van der Waals surface area contributed by atoms with Crippen LogP contribution in [0, 0.1) is 12.7 Å². The molecule has 1 atom stereocenters. The highest BCUT2D eigenvalue weighted by molar-refractivity contribution is 6.01. The third kappa shape index (κ3) is 3.41. The average molecular weight is 434 g/mol. The number of fused-ring (bicyclic) bond motifs is 3. The number of amides is 1. The van der Waals surface area contributed by atoms with Crippen LogP contribution in [0.25, 0.3) is 11.0 Å².